The van der Waals surface area contributed by atoms with Crippen LogP contribution in [0.4, 0.5) is 13.2 Å². The molecular formula is C32H38F3N7O3. The summed E-state index contributed by atoms with van der Waals surface area (Å²) < 4.78 is 39.3. The summed E-state index contributed by atoms with van der Waals surface area (Å²) >= 11 is 0. The topological polar surface area (TPSA) is 103 Å². The van der Waals surface area contributed by atoms with Crippen molar-refractivity contribution in [2.75, 3.05) is 39.8 Å². The van der Waals surface area contributed by atoms with Gasteiger partial charge in [0.1, 0.15) is 6.04 Å². The number of nitrogens with one attached hydrogen (secondary N) is 1. The minimum atomic E-state index is -4.35. The van der Waals surface area contributed by atoms with E-state index in [1.165, 1.54) is 4.90 Å². The molecule has 1 aromatic carbocycles. The molecule has 5 rings (SSSR count). The maximum absolute atomic E-state index is 13.4. The number of nitrogens with zero attached hydrogens (tertiary/aromatic N) is 6. The van der Waals surface area contributed by atoms with Crippen LogP contribution in [0.25, 0.3) is 11.2 Å². The second-order valence-electron chi connectivity index (χ2n) is 11.7. The molecule has 2 aromatic heterocycles. The number of amides is 3. The van der Waals surface area contributed by atoms with E-state index in [2.05, 4.69) is 29.2 Å². The molecule has 240 valence electrons. The first-order chi connectivity index (χ1) is 21.4. The highest BCUT2D eigenvalue weighted by molar-refractivity contribution is 5.97. The minimum absolute atomic E-state index is 0.182. The number of carbonyl (C=O) groups excluding carboxylic acids is 3. The van der Waals surface area contributed by atoms with E-state index >= 15 is 0 Å². The van der Waals surface area contributed by atoms with Crippen LogP contribution in [0.15, 0.2) is 48.7 Å². The van der Waals surface area contributed by atoms with Gasteiger partial charge in [-0.2, -0.15) is 18.3 Å². The molecule has 4 heterocycles. The zero-order valence-electron chi connectivity index (χ0n) is 25.7. The van der Waals surface area contributed by atoms with Gasteiger partial charge in [-0.1, -0.05) is 18.2 Å². The Morgan fingerprint density at radius 1 is 1.07 bits per heavy atom. The van der Waals surface area contributed by atoms with Crippen molar-refractivity contribution in [3.63, 3.8) is 0 Å². The second kappa shape index (κ2) is 13.4. The number of piperazine rings is 1. The number of halogens is 3. The summed E-state index contributed by atoms with van der Waals surface area (Å²) in [6.07, 6.45) is -1.41. The molecular weight excluding hydrogens is 587 g/mol. The van der Waals surface area contributed by atoms with E-state index < -0.39 is 31.0 Å². The maximum atomic E-state index is 13.4. The number of alkyl halides is 3. The van der Waals surface area contributed by atoms with Crippen molar-refractivity contribution in [2.45, 2.75) is 57.8 Å². The molecule has 3 amide bonds. The Morgan fingerprint density at radius 2 is 1.82 bits per heavy atom. The monoisotopic (exact) mass is 625 g/mol. The Morgan fingerprint density at radius 3 is 2.47 bits per heavy atom. The molecule has 1 fully saturated rings. The third-order valence-electron chi connectivity index (χ3n) is 8.45. The average Bonchev–Trinajstić information content (AvgIpc) is 3.45. The number of carbonyl (C=O) groups is 3. The maximum Gasteiger partial charge on any atom is 0.389 e. The number of fused-ring (bicyclic) bond motifs is 1. The first kappa shape index (κ1) is 32.1. The number of benzene rings is 1. The summed E-state index contributed by atoms with van der Waals surface area (Å²) in [5.41, 5.74) is 3.91. The van der Waals surface area contributed by atoms with E-state index in [1.54, 1.807) is 34.8 Å². The third-order valence-corrected chi connectivity index (χ3v) is 8.45. The molecule has 1 N–H and O–H groups in total. The molecule has 2 aliphatic rings. The van der Waals surface area contributed by atoms with Gasteiger partial charge in [-0.25, -0.2) is 9.50 Å². The summed E-state index contributed by atoms with van der Waals surface area (Å²) in [5, 5.41) is 7.32. The SMILES string of the molecule is CNC(=O)C1CN(C(C)C)CCN1C(=O)c1ccc(Cc2nc3c(C4=CCN(C(=O)CCC(F)(F)F)CC4)cccn3n2)cc1. The second-order valence-corrected chi connectivity index (χ2v) is 11.7. The number of rotatable bonds is 8. The summed E-state index contributed by atoms with van der Waals surface area (Å²) in [6, 6.07) is 10.8. The number of likely N-dealkylation sites (N-methyl/N-ethyl adjacent to an activating group) is 1. The molecule has 0 spiro atoms. The summed E-state index contributed by atoms with van der Waals surface area (Å²) in [4.78, 5) is 48.4. The molecule has 0 radical (unpaired) electrons. The number of hydrogen-bond acceptors (Lipinski definition) is 6. The number of aromatic nitrogens is 3. The molecule has 0 bridgehead atoms. The fourth-order valence-corrected chi connectivity index (χ4v) is 5.84. The quantitative estimate of drug-likeness (QED) is 0.411. The van der Waals surface area contributed by atoms with Gasteiger partial charge in [0.25, 0.3) is 5.91 Å². The van der Waals surface area contributed by atoms with Gasteiger partial charge >= 0.3 is 6.18 Å². The Balaban J connectivity index is 1.26. The lowest BCUT2D eigenvalue weighted by Gasteiger charge is -2.42. The fourth-order valence-electron chi connectivity index (χ4n) is 5.84. The van der Waals surface area contributed by atoms with Crippen LogP contribution in [0, 0.1) is 0 Å². The smallest absolute Gasteiger partial charge is 0.357 e. The van der Waals surface area contributed by atoms with Crippen LogP contribution < -0.4 is 5.32 Å². The van der Waals surface area contributed by atoms with Crippen molar-refractivity contribution >= 4 is 28.9 Å². The van der Waals surface area contributed by atoms with E-state index in [4.69, 9.17) is 4.98 Å². The van der Waals surface area contributed by atoms with Crippen molar-refractivity contribution in [3.05, 3.63) is 71.2 Å². The van der Waals surface area contributed by atoms with Crippen molar-refractivity contribution < 1.29 is 27.6 Å². The first-order valence-electron chi connectivity index (χ1n) is 15.2. The zero-order valence-corrected chi connectivity index (χ0v) is 25.7. The molecule has 3 aromatic rings. The highest BCUT2D eigenvalue weighted by Crippen LogP contribution is 2.27. The minimum Gasteiger partial charge on any atom is -0.357 e. The number of hydrogen-bond donors (Lipinski definition) is 1. The molecule has 45 heavy (non-hydrogen) atoms. The van der Waals surface area contributed by atoms with Crippen molar-refractivity contribution in [1.82, 2.24) is 34.6 Å². The molecule has 13 heteroatoms. The standard InChI is InChI=1S/C32H38F3N7O3/c1-21(2)40-17-18-41(26(20-40)30(44)36-3)31(45)24-8-6-22(7-9-24)19-27-37-29-25(5-4-14-42(29)38-27)23-11-15-39(16-12-23)28(43)10-13-32(33,34)35/h4-9,11,14,21,26H,10,12-13,15-20H2,1-3H3,(H,36,44). The highest BCUT2D eigenvalue weighted by Gasteiger charge is 2.36. The Kier molecular flexibility index (Phi) is 9.56. The lowest BCUT2D eigenvalue weighted by molar-refractivity contribution is -0.148. The molecule has 0 saturated carbocycles. The summed E-state index contributed by atoms with van der Waals surface area (Å²) in [6.45, 7) is 6.39. The zero-order chi connectivity index (χ0) is 32.3. The Labute approximate surface area is 259 Å². The van der Waals surface area contributed by atoms with Crippen LogP contribution in [0.5, 0.6) is 0 Å². The lowest BCUT2D eigenvalue weighted by Crippen LogP contribution is -2.61. The van der Waals surface area contributed by atoms with E-state index in [0.29, 0.717) is 56.1 Å². The molecule has 0 aliphatic carbocycles. The van der Waals surface area contributed by atoms with Gasteiger partial charge in [0.2, 0.25) is 11.8 Å². The molecule has 1 unspecified atom stereocenters. The van der Waals surface area contributed by atoms with E-state index in [0.717, 1.165) is 16.7 Å². The third kappa shape index (κ3) is 7.52. The molecule has 2 aliphatic heterocycles. The van der Waals surface area contributed by atoms with Crippen molar-refractivity contribution in [1.29, 1.82) is 0 Å². The normalized spacial score (nSPS) is 17.9. The van der Waals surface area contributed by atoms with Gasteiger partial charge in [-0.05, 0) is 55.7 Å². The molecule has 1 atom stereocenters. The van der Waals surface area contributed by atoms with E-state index in [9.17, 15) is 27.6 Å². The fraction of sp³-hybridized carbons (Fsp3) is 0.469. The van der Waals surface area contributed by atoms with Crippen LogP contribution in [0.2, 0.25) is 0 Å². The van der Waals surface area contributed by atoms with Crippen LogP contribution in [-0.4, -0.2) is 105 Å². The Bertz CT molecular complexity index is 1580. The first-order valence-corrected chi connectivity index (χ1v) is 15.2. The average molecular weight is 626 g/mol. The van der Waals surface area contributed by atoms with Crippen LogP contribution in [-0.2, 0) is 16.0 Å². The van der Waals surface area contributed by atoms with Gasteiger partial charge in [-0.3, -0.25) is 19.3 Å². The number of pyridine rings is 1. The van der Waals surface area contributed by atoms with Gasteiger partial charge in [-0.15, -0.1) is 0 Å². The van der Waals surface area contributed by atoms with Gasteiger partial charge in [0, 0.05) is 76.0 Å². The Hall–Kier alpha value is -4.26. The molecule has 10 nitrogen and oxygen atoms in total. The summed E-state index contributed by atoms with van der Waals surface area (Å²) in [5.74, 6) is -0.279. The largest absolute Gasteiger partial charge is 0.389 e. The van der Waals surface area contributed by atoms with Crippen molar-refractivity contribution in [3.8, 4) is 0 Å². The van der Waals surface area contributed by atoms with Crippen molar-refractivity contribution in [2.24, 2.45) is 0 Å². The van der Waals surface area contributed by atoms with Gasteiger partial charge in [0.15, 0.2) is 11.5 Å². The van der Waals surface area contributed by atoms with Crippen LogP contribution in [0.1, 0.15) is 60.4 Å². The predicted molar refractivity (Wildman–Crippen MR) is 162 cm³/mol. The predicted octanol–water partition coefficient (Wildman–Crippen LogP) is 3.56. The summed E-state index contributed by atoms with van der Waals surface area (Å²) in [7, 11) is 1.58. The van der Waals surface area contributed by atoms with Gasteiger partial charge in [0.05, 0.1) is 6.42 Å². The van der Waals surface area contributed by atoms with Gasteiger partial charge < -0.3 is 15.1 Å². The van der Waals surface area contributed by atoms with Crippen LogP contribution in [0.3, 0.4) is 0 Å². The molecule has 1 saturated heterocycles. The lowest BCUT2D eigenvalue weighted by atomic mass is 10.00. The highest BCUT2D eigenvalue weighted by atomic mass is 19.4. The van der Waals surface area contributed by atoms with E-state index in [-0.39, 0.29) is 24.4 Å². The van der Waals surface area contributed by atoms with Crippen LogP contribution >= 0.6 is 0 Å². The van der Waals surface area contributed by atoms with E-state index in [1.807, 2.05) is 30.3 Å².